The van der Waals surface area contributed by atoms with Gasteiger partial charge in [-0.05, 0) is 36.1 Å². The second kappa shape index (κ2) is 6.99. The summed E-state index contributed by atoms with van der Waals surface area (Å²) >= 11 is 6.01. The quantitative estimate of drug-likeness (QED) is 0.644. The molecule has 0 saturated carbocycles. The van der Waals surface area contributed by atoms with Gasteiger partial charge in [0, 0.05) is 17.6 Å². The van der Waals surface area contributed by atoms with E-state index < -0.39 is 18.0 Å². The first-order valence-electron chi connectivity index (χ1n) is 8.56. The van der Waals surface area contributed by atoms with E-state index in [-0.39, 0.29) is 24.9 Å². The van der Waals surface area contributed by atoms with Gasteiger partial charge in [0.05, 0.1) is 11.7 Å². The number of rotatable bonds is 5. The summed E-state index contributed by atoms with van der Waals surface area (Å²) in [5.74, 6) is -0.571. The summed E-state index contributed by atoms with van der Waals surface area (Å²) < 4.78 is 1.41. The van der Waals surface area contributed by atoms with Crippen LogP contribution in [0.15, 0.2) is 24.4 Å². The van der Waals surface area contributed by atoms with Crippen LogP contribution in [-0.2, 0) is 29.0 Å². The molecule has 1 fully saturated rings. The van der Waals surface area contributed by atoms with Gasteiger partial charge >= 0.3 is 6.03 Å². The van der Waals surface area contributed by atoms with E-state index in [0.717, 1.165) is 24.0 Å². The molecule has 1 aliphatic heterocycles. The fraction of sp³-hybridized carbons (Fsp3) is 0.353. The number of benzene rings is 1. The van der Waals surface area contributed by atoms with Gasteiger partial charge in [-0.25, -0.2) is 9.48 Å². The number of nitrogens with one attached hydrogen (secondary N) is 3. The van der Waals surface area contributed by atoms with Crippen LogP contribution in [0.25, 0.3) is 0 Å². The van der Waals surface area contributed by atoms with Crippen molar-refractivity contribution in [2.24, 2.45) is 0 Å². The van der Waals surface area contributed by atoms with E-state index in [1.54, 1.807) is 6.20 Å². The van der Waals surface area contributed by atoms with Gasteiger partial charge < -0.3 is 10.6 Å². The fourth-order valence-electron chi connectivity index (χ4n) is 3.44. The Labute approximate surface area is 159 Å². The lowest BCUT2D eigenvalue weighted by molar-refractivity contribution is -0.122. The molecule has 0 bridgehead atoms. The lowest BCUT2D eigenvalue weighted by Crippen LogP contribution is -2.31. The van der Waals surface area contributed by atoms with Crippen LogP contribution in [0.2, 0.25) is 5.02 Å². The monoisotopic (exact) mass is 388 g/mol. The highest BCUT2D eigenvalue weighted by Crippen LogP contribution is 2.32. The number of amides is 4. The lowest BCUT2D eigenvalue weighted by Gasteiger charge is -2.14. The van der Waals surface area contributed by atoms with Crippen molar-refractivity contribution in [2.75, 3.05) is 0 Å². The van der Waals surface area contributed by atoms with Crippen molar-refractivity contribution in [1.82, 2.24) is 30.9 Å². The topological polar surface area (TPSA) is 118 Å². The predicted octanol–water partition coefficient (Wildman–Crippen LogP) is 0.486. The SMILES string of the molecule is O=C(Cn1cc(CC2NC(=O)NC2=O)nn1)NC1CCc2cc(Cl)ccc21. The van der Waals surface area contributed by atoms with Crippen LogP contribution in [0.4, 0.5) is 4.79 Å². The van der Waals surface area contributed by atoms with Crippen LogP contribution in [0.1, 0.15) is 29.3 Å². The van der Waals surface area contributed by atoms with Gasteiger partial charge in [0.15, 0.2) is 0 Å². The van der Waals surface area contributed by atoms with Gasteiger partial charge in [-0.15, -0.1) is 5.10 Å². The zero-order valence-electron chi connectivity index (χ0n) is 14.2. The van der Waals surface area contributed by atoms with Crippen molar-refractivity contribution < 1.29 is 14.4 Å². The van der Waals surface area contributed by atoms with Gasteiger partial charge in [0.25, 0.3) is 5.91 Å². The average molecular weight is 389 g/mol. The number of urea groups is 1. The molecular weight excluding hydrogens is 372 g/mol. The number of aromatic nitrogens is 3. The average Bonchev–Trinajstić information content (AvgIpc) is 3.28. The molecule has 2 atom stereocenters. The summed E-state index contributed by atoms with van der Waals surface area (Å²) in [5.41, 5.74) is 2.77. The Morgan fingerprint density at radius 3 is 3.00 bits per heavy atom. The van der Waals surface area contributed by atoms with Gasteiger partial charge in [0.2, 0.25) is 5.91 Å². The zero-order chi connectivity index (χ0) is 19.0. The van der Waals surface area contributed by atoms with Crippen LogP contribution < -0.4 is 16.0 Å². The highest BCUT2D eigenvalue weighted by molar-refractivity contribution is 6.30. The van der Waals surface area contributed by atoms with Crippen molar-refractivity contribution in [1.29, 1.82) is 0 Å². The molecule has 0 spiro atoms. The Kier molecular flexibility index (Phi) is 4.53. The lowest BCUT2D eigenvalue weighted by atomic mass is 10.1. The number of fused-ring (bicyclic) bond motifs is 1. The molecule has 1 aromatic heterocycles. The summed E-state index contributed by atoms with van der Waals surface area (Å²) in [6, 6.07) is 4.49. The molecule has 0 radical (unpaired) electrons. The number of halogens is 1. The van der Waals surface area contributed by atoms with E-state index in [0.29, 0.717) is 10.7 Å². The van der Waals surface area contributed by atoms with E-state index in [9.17, 15) is 14.4 Å². The van der Waals surface area contributed by atoms with Gasteiger partial charge in [-0.1, -0.05) is 22.9 Å². The summed E-state index contributed by atoms with van der Waals surface area (Å²) in [4.78, 5) is 35.0. The number of nitrogens with zero attached hydrogens (tertiary/aromatic N) is 3. The molecule has 1 saturated heterocycles. The molecule has 4 amide bonds. The Hall–Kier alpha value is -2.94. The van der Waals surface area contributed by atoms with E-state index >= 15 is 0 Å². The van der Waals surface area contributed by atoms with Crippen LogP contribution >= 0.6 is 11.6 Å². The number of carbonyl (C=O) groups excluding carboxylic acids is 3. The molecule has 10 heteroatoms. The van der Waals surface area contributed by atoms with Gasteiger partial charge in [0.1, 0.15) is 12.6 Å². The fourth-order valence-corrected chi connectivity index (χ4v) is 3.64. The summed E-state index contributed by atoms with van der Waals surface area (Å²) in [6.45, 7) is 0.0235. The molecule has 1 aromatic carbocycles. The number of hydrogen-bond donors (Lipinski definition) is 3. The number of aryl methyl sites for hydroxylation is 1. The Morgan fingerprint density at radius 2 is 2.22 bits per heavy atom. The molecular formula is C17H17ClN6O3. The van der Waals surface area contributed by atoms with Crippen molar-refractivity contribution in [3.8, 4) is 0 Å². The van der Waals surface area contributed by atoms with Crippen LogP contribution in [0.5, 0.6) is 0 Å². The normalized spacial score (nSPS) is 20.9. The molecule has 27 heavy (non-hydrogen) atoms. The summed E-state index contributed by atoms with van der Waals surface area (Å²) in [7, 11) is 0. The molecule has 2 unspecified atom stereocenters. The van der Waals surface area contributed by atoms with Gasteiger partial charge in [-0.3, -0.25) is 14.9 Å². The maximum atomic E-state index is 12.3. The second-order valence-electron chi connectivity index (χ2n) is 6.63. The standard InChI is InChI=1S/C17H17ClN6O3/c18-10-2-3-12-9(5-10)1-4-13(12)19-15(25)8-24-7-11(22-23-24)6-14-16(26)21-17(27)20-14/h2-3,5,7,13-14H,1,4,6,8H2,(H,19,25)(H2,20,21,26,27). The third-order valence-electron chi connectivity index (χ3n) is 4.68. The van der Waals surface area contributed by atoms with Crippen molar-refractivity contribution in [2.45, 2.75) is 37.9 Å². The van der Waals surface area contributed by atoms with Crippen molar-refractivity contribution >= 4 is 29.4 Å². The molecule has 4 rings (SSSR count). The van der Waals surface area contributed by atoms with E-state index in [4.69, 9.17) is 11.6 Å². The van der Waals surface area contributed by atoms with Crippen molar-refractivity contribution in [3.05, 3.63) is 46.2 Å². The number of carbonyl (C=O) groups is 3. The van der Waals surface area contributed by atoms with Crippen LogP contribution in [0, 0.1) is 0 Å². The highest BCUT2D eigenvalue weighted by atomic mass is 35.5. The minimum Gasteiger partial charge on any atom is -0.348 e. The second-order valence-corrected chi connectivity index (χ2v) is 7.07. The predicted molar refractivity (Wildman–Crippen MR) is 94.8 cm³/mol. The van der Waals surface area contributed by atoms with E-state index in [1.807, 2.05) is 18.2 Å². The summed E-state index contributed by atoms with van der Waals surface area (Å²) in [6.07, 6.45) is 3.53. The first-order chi connectivity index (χ1) is 13.0. The maximum absolute atomic E-state index is 12.3. The Bertz CT molecular complexity index is 927. The number of imide groups is 1. The largest absolute Gasteiger partial charge is 0.348 e. The minimum absolute atomic E-state index is 0.0235. The number of hydrogen-bond acceptors (Lipinski definition) is 5. The molecule has 140 valence electrons. The Balaban J connectivity index is 1.34. The van der Waals surface area contributed by atoms with Crippen LogP contribution in [0.3, 0.4) is 0 Å². The molecule has 3 N–H and O–H groups in total. The summed E-state index contributed by atoms with van der Waals surface area (Å²) in [5, 5.41) is 16.2. The maximum Gasteiger partial charge on any atom is 0.322 e. The molecule has 9 nitrogen and oxygen atoms in total. The molecule has 1 aliphatic carbocycles. The van der Waals surface area contributed by atoms with E-state index in [1.165, 1.54) is 4.68 Å². The first kappa shape index (κ1) is 17.5. The molecule has 2 aromatic rings. The smallest absolute Gasteiger partial charge is 0.322 e. The van der Waals surface area contributed by atoms with E-state index in [2.05, 4.69) is 26.3 Å². The third-order valence-corrected chi connectivity index (χ3v) is 4.92. The highest BCUT2D eigenvalue weighted by Gasteiger charge is 2.30. The zero-order valence-corrected chi connectivity index (χ0v) is 15.0. The first-order valence-corrected chi connectivity index (χ1v) is 8.94. The molecule has 2 aliphatic rings. The third kappa shape index (κ3) is 3.77. The van der Waals surface area contributed by atoms with Crippen LogP contribution in [-0.4, -0.2) is 38.9 Å². The Morgan fingerprint density at radius 1 is 1.37 bits per heavy atom. The molecule has 2 heterocycles. The minimum atomic E-state index is -0.668. The van der Waals surface area contributed by atoms with Crippen molar-refractivity contribution in [3.63, 3.8) is 0 Å². The van der Waals surface area contributed by atoms with Gasteiger partial charge in [-0.2, -0.15) is 0 Å².